The number of hydrogen-bond acceptors (Lipinski definition) is 7. The summed E-state index contributed by atoms with van der Waals surface area (Å²) in [7, 11) is 1.56. The molecule has 3 aromatic carbocycles. The van der Waals surface area contributed by atoms with E-state index in [9.17, 15) is 24.9 Å². The molecule has 1 unspecified atom stereocenters. The zero-order valence-electron chi connectivity index (χ0n) is 22.3. The van der Waals surface area contributed by atoms with Crippen molar-refractivity contribution in [1.29, 1.82) is 0 Å². The summed E-state index contributed by atoms with van der Waals surface area (Å²) in [4.78, 5) is 28.2. The molecular weight excluding hydrogens is 522 g/mol. The Morgan fingerprint density at radius 1 is 1.03 bits per heavy atom. The molecule has 1 amide bonds. The van der Waals surface area contributed by atoms with Gasteiger partial charge in [0.05, 0.1) is 31.0 Å². The predicted molar refractivity (Wildman–Crippen MR) is 149 cm³/mol. The SMILES string of the molecule is CCOc1cc(C2/C(=C(\O)c3cc(C(C)C)c(OC)cc3C)C(=O)C(=O)N2c2cc(Cl)ccc2O)ccc1O. The van der Waals surface area contributed by atoms with E-state index in [1.165, 1.54) is 36.4 Å². The number of aliphatic hydroxyl groups excluding tert-OH is 1. The predicted octanol–water partition coefficient (Wildman–Crippen LogP) is 6.22. The summed E-state index contributed by atoms with van der Waals surface area (Å²) in [5.74, 6) is -1.87. The smallest absolute Gasteiger partial charge is 0.300 e. The molecule has 9 heteroatoms. The molecule has 0 radical (unpaired) electrons. The van der Waals surface area contributed by atoms with E-state index in [0.717, 1.165) is 10.5 Å². The minimum absolute atomic E-state index is 0.00555. The van der Waals surface area contributed by atoms with E-state index in [1.54, 1.807) is 33.1 Å². The number of phenols is 2. The van der Waals surface area contributed by atoms with Crippen LogP contribution in [0.3, 0.4) is 0 Å². The van der Waals surface area contributed by atoms with E-state index in [-0.39, 0.29) is 51.8 Å². The molecule has 1 aliphatic rings. The number of hydrogen-bond donors (Lipinski definition) is 3. The van der Waals surface area contributed by atoms with Gasteiger partial charge < -0.3 is 24.8 Å². The van der Waals surface area contributed by atoms with Gasteiger partial charge in [-0.1, -0.05) is 31.5 Å². The number of ether oxygens (including phenoxy) is 2. The molecule has 204 valence electrons. The minimum Gasteiger partial charge on any atom is -0.507 e. The third kappa shape index (κ3) is 5.00. The number of ketones is 1. The number of rotatable bonds is 7. The van der Waals surface area contributed by atoms with Crippen LogP contribution in [0.15, 0.2) is 54.1 Å². The maximum atomic E-state index is 13.6. The second-order valence-electron chi connectivity index (χ2n) is 9.53. The first-order valence-electron chi connectivity index (χ1n) is 12.4. The lowest BCUT2D eigenvalue weighted by atomic mass is 9.91. The van der Waals surface area contributed by atoms with Gasteiger partial charge in [-0.15, -0.1) is 0 Å². The number of nitrogens with zero attached hydrogens (tertiary/aromatic N) is 1. The van der Waals surface area contributed by atoms with Crippen molar-refractivity contribution < 1.29 is 34.4 Å². The van der Waals surface area contributed by atoms with Crippen LogP contribution in [0, 0.1) is 6.92 Å². The number of amides is 1. The van der Waals surface area contributed by atoms with Crippen LogP contribution in [0.5, 0.6) is 23.0 Å². The van der Waals surface area contributed by atoms with Gasteiger partial charge >= 0.3 is 0 Å². The van der Waals surface area contributed by atoms with Crippen LogP contribution in [0.1, 0.15) is 55.0 Å². The molecule has 0 bridgehead atoms. The van der Waals surface area contributed by atoms with Gasteiger partial charge in [0.25, 0.3) is 11.7 Å². The Morgan fingerprint density at radius 2 is 1.72 bits per heavy atom. The van der Waals surface area contributed by atoms with E-state index >= 15 is 0 Å². The Bertz CT molecular complexity index is 1490. The van der Waals surface area contributed by atoms with Crippen molar-refractivity contribution in [1.82, 2.24) is 0 Å². The van der Waals surface area contributed by atoms with Crippen LogP contribution in [0.4, 0.5) is 5.69 Å². The summed E-state index contributed by atoms with van der Waals surface area (Å²) in [6, 6.07) is 10.9. The van der Waals surface area contributed by atoms with Gasteiger partial charge in [-0.05, 0) is 78.9 Å². The van der Waals surface area contributed by atoms with Crippen LogP contribution < -0.4 is 14.4 Å². The summed E-state index contributed by atoms with van der Waals surface area (Å²) >= 11 is 6.19. The summed E-state index contributed by atoms with van der Waals surface area (Å²) < 4.78 is 11.1. The van der Waals surface area contributed by atoms with Crippen LogP contribution in [-0.2, 0) is 9.59 Å². The van der Waals surface area contributed by atoms with Gasteiger partial charge in [-0.3, -0.25) is 14.5 Å². The second kappa shape index (κ2) is 10.9. The lowest BCUT2D eigenvalue weighted by molar-refractivity contribution is -0.132. The van der Waals surface area contributed by atoms with Crippen LogP contribution in [0.2, 0.25) is 5.02 Å². The van der Waals surface area contributed by atoms with Crippen molar-refractivity contribution in [3.8, 4) is 23.0 Å². The van der Waals surface area contributed by atoms with E-state index < -0.39 is 17.7 Å². The average Bonchev–Trinajstić information content (AvgIpc) is 3.16. The van der Waals surface area contributed by atoms with Crippen LogP contribution >= 0.6 is 11.6 Å². The normalized spacial score (nSPS) is 16.7. The van der Waals surface area contributed by atoms with Gasteiger partial charge in [-0.25, -0.2) is 0 Å². The van der Waals surface area contributed by atoms with E-state index in [1.807, 2.05) is 13.8 Å². The number of aryl methyl sites for hydroxylation is 1. The first-order chi connectivity index (χ1) is 18.5. The molecule has 1 heterocycles. The highest BCUT2D eigenvalue weighted by atomic mass is 35.5. The van der Waals surface area contributed by atoms with Gasteiger partial charge in [0, 0.05) is 10.6 Å². The van der Waals surface area contributed by atoms with Crippen LogP contribution in [-0.4, -0.2) is 40.7 Å². The molecule has 4 rings (SSSR count). The zero-order chi connectivity index (χ0) is 28.6. The van der Waals surface area contributed by atoms with Gasteiger partial charge in [0.2, 0.25) is 0 Å². The number of benzene rings is 3. The second-order valence-corrected chi connectivity index (χ2v) is 9.96. The third-order valence-electron chi connectivity index (χ3n) is 6.69. The van der Waals surface area contributed by atoms with E-state index in [4.69, 9.17) is 21.1 Å². The molecule has 1 fully saturated rings. The number of methoxy groups -OCH3 is 1. The number of anilines is 1. The monoisotopic (exact) mass is 551 g/mol. The van der Waals surface area contributed by atoms with Crippen molar-refractivity contribution in [3.63, 3.8) is 0 Å². The summed E-state index contributed by atoms with van der Waals surface area (Å²) in [6.45, 7) is 7.73. The molecule has 0 spiro atoms. The standard InChI is InChI=1S/C30H30ClNO7/c1-6-39-25-12-17(7-9-23(25)34)27-26(28(35)20-14-19(15(2)3)24(38-5)11-16(20)4)29(36)30(37)32(27)21-13-18(31)8-10-22(21)33/h7-15,27,33-35H,6H2,1-5H3/b28-26+. The van der Waals surface area contributed by atoms with Crippen molar-refractivity contribution in [2.45, 2.75) is 39.7 Å². The topological polar surface area (TPSA) is 117 Å². The largest absolute Gasteiger partial charge is 0.507 e. The first-order valence-corrected chi connectivity index (χ1v) is 12.8. The average molecular weight is 552 g/mol. The molecule has 39 heavy (non-hydrogen) atoms. The van der Waals surface area contributed by atoms with E-state index in [2.05, 4.69) is 0 Å². The lowest BCUT2D eigenvalue weighted by Gasteiger charge is -2.27. The number of carbonyl (C=O) groups is 2. The molecule has 0 saturated carbocycles. The Kier molecular flexibility index (Phi) is 7.79. The molecule has 0 aliphatic carbocycles. The molecule has 1 saturated heterocycles. The highest BCUT2D eigenvalue weighted by molar-refractivity contribution is 6.52. The lowest BCUT2D eigenvalue weighted by Crippen LogP contribution is -2.29. The Hall–Kier alpha value is -4.17. The minimum atomic E-state index is -1.17. The molecule has 1 aliphatic heterocycles. The van der Waals surface area contributed by atoms with Crippen molar-refractivity contribution in [2.75, 3.05) is 18.6 Å². The fourth-order valence-electron chi connectivity index (χ4n) is 4.78. The Labute approximate surface area is 231 Å². The molecule has 8 nitrogen and oxygen atoms in total. The van der Waals surface area contributed by atoms with Crippen molar-refractivity contribution >= 4 is 34.7 Å². The molecular formula is C30H30ClNO7. The van der Waals surface area contributed by atoms with Gasteiger partial charge in [-0.2, -0.15) is 0 Å². The van der Waals surface area contributed by atoms with Crippen molar-refractivity contribution in [2.24, 2.45) is 0 Å². The maximum Gasteiger partial charge on any atom is 0.300 e. The number of Topliss-reactive ketones (excluding diaryl/α,β-unsaturated/α-hetero) is 1. The maximum absolute atomic E-state index is 13.6. The fraction of sp³-hybridized carbons (Fsp3) is 0.267. The van der Waals surface area contributed by atoms with Crippen LogP contribution in [0.25, 0.3) is 5.76 Å². The Morgan fingerprint density at radius 3 is 2.36 bits per heavy atom. The number of phenolic OH excluding ortho intramolecular Hbond substituents is 2. The summed E-state index contributed by atoms with van der Waals surface area (Å²) in [6.07, 6.45) is 0. The quantitative estimate of drug-likeness (QED) is 0.181. The number of aliphatic hydroxyl groups is 1. The van der Waals surface area contributed by atoms with Gasteiger partial charge in [0.15, 0.2) is 11.5 Å². The number of carbonyl (C=O) groups excluding carboxylic acids is 2. The highest BCUT2D eigenvalue weighted by Gasteiger charge is 2.48. The highest BCUT2D eigenvalue weighted by Crippen LogP contribution is 2.47. The summed E-state index contributed by atoms with van der Waals surface area (Å²) in [5, 5.41) is 32.9. The fourth-order valence-corrected chi connectivity index (χ4v) is 4.95. The molecule has 0 aromatic heterocycles. The number of aromatic hydroxyl groups is 2. The first kappa shape index (κ1) is 27.9. The Balaban J connectivity index is 2.04. The summed E-state index contributed by atoms with van der Waals surface area (Å²) in [5.41, 5.74) is 1.98. The van der Waals surface area contributed by atoms with Gasteiger partial charge in [0.1, 0.15) is 17.3 Å². The molecule has 3 aromatic rings. The van der Waals surface area contributed by atoms with E-state index in [0.29, 0.717) is 22.4 Å². The molecule has 1 atom stereocenters. The van der Waals surface area contributed by atoms with Crippen molar-refractivity contribution in [3.05, 3.63) is 81.4 Å². The number of halogens is 1. The molecule has 3 N–H and O–H groups in total. The third-order valence-corrected chi connectivity index (χ3v) is 6.93. The zero-order valence-corrected chi connectivity index (χ0v) is 23.0.